The summed E-state index contributed by atoms with van der Waals surface area (Å²) in [5, 5.41) is 20.7. The molecule has 1 aromatic heterocycles. The first kappa shape index (κ1) is 22.0. The smallest absolute Gasteiger partial charge is 0.313 e. The minimum atomic E-state index is -0.857. The molecule has 1 aliphatic heterocycles. The Kier molecular flexibility index (Phi) is 5.99. The monoisotopic (exact) mass is 465 g/mol. The zero-order valence-corrected chi connectivity index (χ0v) is 19.8. The molecule has 0 radical (unpaired) electrons. The zero-order chi connectivity index (χ0) is 23.7. The van der Waals surface area contributed by atoms with E-state index < -0.39 is 5.97 Å². The van der Waals surface area contributed by atoms with Crippen LogP contribution in [0.15, 0.2) is 83.1 Å². The van der Waals surface area contributed by atoms with Gasteiger partial charge in [-0.1, -0.05) is 48.2 Å². The molecule has 1 aliphatic rings. The Morgan fingerprint density at radius 1 is 0.853 bits per heavy atom. The molecule has 0 spiro atoms. The number of hydrogen-bond donors (Lipinski definition) is 1. The first-order valence-electron chi connectivity index (χ1n) is 11.0. The third-order valence-corrected chi connectivity index (χ3v) is 6.94. The third kappa shape index (κ3) is 4.63. The number of carbonyl (C=O) groups is 1. The molecule has 2 heterocycles. The van der Waals surface area contributed by atoms with Crippen LogP contribution in [0.5, 0.6) is 0 Å². The lowest BCUT2D eigenvalue weighted by Crippen LogP contribution is -2.06. The summed E-state index contributed by atoms with van der Waals surface area (Å²) >= 11 is 1.22. The van der Waals surface area contributed by atoms with Crippen LogP contribution in [-0.2, 0) is 4.79 Å². The van der Waals surface area contributed by atoms with E-state index in [0.717, 1.165) is 49.8 Å². The Bertz CT molecular complexity index is 1490. The number of rotatable bonds is 5. The van der Waals surface area contributed by atoms with Crippen molar-refractivity contribution in [1.29, 1.82) is 0 Å². The maximum Gasteiger partial charge on any atom is 0.313 e. The van der Waals surface area contributed by atoms with Crippen molar-refractivity contribution in [1.82, 2.24) is 4.98 Å². The summed E-state index contributed by atoms with van der Waals surface area (Å²) in [6.07, 6.45) is 2.44. The van der Waals surface area contributed by atoms with Gasteiger partial charge < -0.3 is 5.11 Å². The number of benzene rings is 3. The van der Waals surface area contributed by atoms with Crippen LogP contribution in [0, 0.1) is 13.8 Å². The zero-order valence-electron chi connectivity index (χ0n) is 18.9. The fraction of sp³-hybridized carbons (Fsp3) is 0.143. The van der Waals surface area contributed by atoms with E-state index in [1.54, 1.807) is 0 Å². The topological polar surface area (TPSA) is 74.9 Å². The molecule has 0 aliphatic carbocycles. The van der Waals surface area contributed by atoms with E-state index in [1.165, 1.54) is 22.5 Å². The number of pyridine rings is 1. The summed E-state index contributed by atoms with van der Waals surface area (Å²) in [5.41, 5.74) is 8.30. The predicted molar refractivity (Wildman–Crippen MR) is 141 cm³/mol. The molecule has 0 saturated carbocycles. The summed E-state index contributed by atoms with van der Waals surface area (Å²) in [7, 11) is 0. The fourth-order valence-corrected chi connectivity index (χ4v) is 4.64. The molecule has 0 saturated heterocycles. The maximum absolute atomic E-state index is 10.9. The van der Waals surface area contributed by atoms with Gasteiger partial charge in [0.25, 0.3) is 0 Å². The summed E-state index contributed by atoms with van der Waals surface area (Å²) in [6, 6.07) is 23.4. The molecule has 6 heteroatoms. The lowest BCUT2D eigenvalue weighted by atomic mass is 9.93. The van der Waals surface area contributed by atoms with E-state index in [4.69, 9.17) is 5.11 Å². The molecule has 1 N–H and O–H groups in total. The van der Waals surface area contributed by atoms with Gasteiger partial charge in [0.15, 0.2) is 0 Å². The molecule has 5 rings (SSSR count). The number of hydrogen-bond acceptors (Lipinski definition) is 5. The normalized spacial score (nSPS) is 13.1. The van der Waals surface area contributed by atoms with E-state index in [2.05, 4.69) is 82.8 Å². The average molecular weight is 466 g/mol. The standard InChI is InChI=1S/C28H23N3O2S/c1-17-9-25(15-29-18(17)2)23-11-22(21-8-7-19-5-3-4-6-20(19)10-21)12-24(13-23)26-14-27(31-30-26)34-16-28(32)33/h3-13,15H,14,16H2,1-2H3,(H,32,33). The lowest BCUT2D eigenvalue weighted by Gasteiger charge is -2.12. The third-order valence-electron chi connectivity index (χ3n) is 5.99. The number of nitrogens with zero attached hydrogens (tertiary/aromatic N) is 3. The summed E-state index contributed by atoms with van der Waals surface area (Å²) in [4.78, 5) is 15.5. The predicted octanol–water partition coefficient (Wildman–Crippen LogP) is 6.51. The molecule has 4 aromatic rings. The van der Waals surface area contributed by atoms with Crippen LogP contribution in [-0.4, -0.2) is 32.6 Å². The van der Waals surface area contributed by atoms with Gasteiger partial charge in [-0.2, -0.15) is 5.10 Å². The summed E-state index contributed by atoms with van der Waals surface area (Å²) in [5.74, 6) is -0.873. The molecule has 0 unspecified atom stereocenters. The number of aromatic nitrogens is 1. The van der Waals surface area contributed by atoms with E-state index in [9.17, 15) is 4.79 Å². The van der Waals surface area contributed by atoms with E-state index in [1.807, 2.05) is 19.2 Å². The van der Waals surface area contributed by atoms with Crippen molar-refractivity contribution in [3.05, 3.63) is 89.7 Å². The average Bonchev–Trinajstić information content (AvgIpc) is 3.33. The van der Waals surface area contributed by atoms with E-state index in [-0.39, 0.29) is 5.75 Å². The Balaban J connectivity index is 1.57. The van der Waals surface area contributed by atoms with Crippen molar-refractivity contribution < 1.29 is 9.90 Å². The highest BCUT2D eigenvalue weighted by Gasteiger charge is 2.18. The van der Waals surface area contributed by atoms with Crippen LogP contribution in [0.3, 0.4) is 0 Å². The number of fused-ring (bicyclic) bond motifs is 1. The number of carboxylic acids is 1. The Morgan fingerprint density at radius 2 is 1.59 bits per heavy atom. The molecule has 0 bridgehead atoms. The highest BCUT2D eigenvalue weighted by Crippen LogP contribution is 2.32. The van der Waals surface area contributed by atoms with Gasteiger partial charge in [0.1, 0.15) is 5.04 Å². The van der Waals surface area contributed by atoms with Crippen LogP contribution < -0.4 is 0 Å². The van der Waals surface area contributed by atoms with Crippen LogP contribution >= 0.6 is 11.8 Å². The molecule has 3 aromatic carbocycles. The Labute approximate surface area is 202 Å². The minimum absolute atomic E-state index is 0.0156. The van der Waals surface area contributed by atoms with Gasteiger partial charge in [-0.05, 0) is 82.8 Å². The summed E-state index contributed by atoms with van der Waals surface area (Å²) < 4.78 is 0. The van der Waals surface area contributed by atoms with Gasteiger partial charge in [0.2, 0.25) is 0 Å². The molecule has 0 fully saturated rings. The van der Waals surface area contributed by atoms with Crippen LogP contribution in [0.1, 0.15) is 23.2 Å². The van der Waals surface area contributed by atoms with Gasteiger partial charge in [0, 0.05) is 23.9 Å². The molecule has 0 atom stereocenters. The van der Waals surface area contributed by atoms with Crippen molar-refractivity contribution in [2.45, 2.75) is 20.3 Å². The van der Waals surface area contributed by atoms with Crippen LogP contribution in [0.4, 0.5) is 0 Å². The molecule has 34 heavy (non-hydrogen) atoms. The lowest BCUT2D eigenvalue weighted by molar-refractivity contribution is -0.133. The maximum atomic E-state index is 10.9. The Hall–Kier alpha value is -3.77. The van der Waals surface area contributed by atoms with Crippen molar-refractivity contribution in [3.8, 4) is 22.3 Å². The second-order valence-corrected chi connectivity index (χ2v) is 9.44. The molecule has 168 valence electrons. The van der Waals surface area contributed by atoms with Crippen LogP contribution in [0.25, 0.3) is 33.0 Å². The largest absolute Gasteiger partial charge is 0.481 e. The Morgan fingerprint density at radius 3 is 2.35 bits per heavy atom. The van der Waals surface area contributed by atoms with Gasteiger partial charge in [-0.3, -0.25) is 9.78 Å². The SMILES string of the molecule is Cc1cc(-c2cc(C3=NN=C(SCC(=O)O)C3)cc(-c3ccc4ccccc4c3)c2)cnc1C. The van der Waals surface area contributed by atoms with E-state index in [0.29, 0.717) is 6.42 Å². The molecule has 0 amide bonds. The van der Waals surface area contributed by atoms with Crippen molar-refractivity contribution >= 4 is 39.3 Å². The van der Waals surface area contributed by atoms with Crippen LogP contribution in [0.2, 0.25) is 0 Å². The number of carboxylic acid groups (broad SMARTS) is 1. The quantitative estimate of drug-likeness (QED) is 0.365. The highest BCUT2D eigenvalue weighted by molar-refractivity contribution is 8.14. The summed E-state index contributed by atoms with van der Waals surface area (Å²) in [6.45, 7) is 4.08. The minimum Gasteiger partial charge on any atom is -0.481 e. The molecule has 5 nitrogen and oxygen atoms in total. The van der Waals surface area contributed by atoms with Gasteiger partial charge in [-0.15, -0.1) is 5.10 Å². The number of aliphatic carboxylic acids is 1. The van der Waals surface area contributed by atoms with Gasteiger partial charge in [-0.25, -0.2) is 0 Å². The second kappa shape index (κ2) is 9.23. The van der Waals surface area contributed by atoms with Crippen molar-refractivity contribution in [2.75, 3.05) is 5.75 Å². The molecular weight excluding hydrogens is 442 g/mol. The molecular formula is C28H23N3O2S. The fourth-order valence-electron chi connectivity index (χ4n) is 4.01. The number of thioether (sulfide) groups is 1. The second-order valence-electron chi connectivity index (χ2n) is 8.39. The van der Waals surface area contributed by atoms with Gasteiger partial charge >= 0.3 is 5.97 Å². The van der Waals surface area contributed by atoms with E-state index >= 15 is 0 Å². The first-order chi connectivity index (χ1) is 16.5. The van der Waals surface area contributed by atoms with Crippen molar-refractivity contribution in [2.24, 2.45) is 10.2 Å². The van der Waals surface area contributed by atoms with Gasteiger partial charge in [0.05, 0.1) is 11.5 Å². The first-order valence-corrected chi connectivity index (χ1v) is 12.0. The van der Waals surface area contributed by atoms with Crippen molar-refractivity contribution in [3.63, 3.8) is 0 Å². The highest BCUT2D eigenvalue weighted by atomic mass is 32.2. The number of aryl methyl sites for hydroxylation is 2.